The number of fused-ring (bicyclic) bond motifs is 1. The molecule has 0 spiro atoms. The number of nitrogens with one attached hydrogen (secondary N) is 1. The summed E-state index contributed by atoms with van der Waals surface area (Å²) in [6.07, 6.45) is 4.14. The molecular weight excluding hydrogens is 264 g/mol. The summed E-state index contributed by atoms with van der Waals surface area (Å²) in [6.45, 7) is 9.47. The second-order valence-electron chi connectivity index (χ2n) is 5.57. The molecular formula is C17H24N2O2. The van der Waals surface area contributed by atoms with E-state index in [1.807, 2.05) is 12.1 Å². The molecule has 2 aliphatic heterocycles. The van der Waals surface area contributed by atoms with Gasteiger partial charge in [-0.3, -0.25) is 4.90 Å². The molecule has 0 unspecified atom stereocenters. The number of allylic oxidation sites excluding steroid dienone is 1. The van der Waals surface area contributed by atoms with E-state index in [1.165, 1.54) is 5.56 Å². The summed E-state index contributed by atoms with van der Waals surface area (Å²) >= 11 is 0. The Kier molecular flexibility index (Phi) is 4.78. The van der Waals surface area contributed by atoms with E-state index in [-0.39, 0.29) is 0 Å². The first-order chi connectivity index (χ1) is 10.4. The molecule has 0 bridgehead atoms. The van der Waals surface area contributed by atoms with Crippen molar-refractivity contribution < 1.29 is 9.47 Å². The van der Waals surface area contributed by atoms with Gasteiger partial charge in [-0.15, -0.1) is 6.58 Å². The lowest BCUT2D eigenvalue weighted by molar-refractivity contribution is 0.160. The number of ether oxygens (including phenoxy) is 2. The van der Waals surface area contributed by atoms with Crippen LogP contribution in [-0.2, 0) is 0 Å². The van der Waals surface area contributed by atoms with Crippen LogP contribution in [-0.4, -0.2) is 44.3 Å². The molecule has 1 N–H and O–H groups in total. The van der Waals surface area contributed by atoms with E-state index in [0.29, 0.717) is 19.3 Å². The fraction of sp³-hybridized carbons (Fsp3) is 0.529. The molecule has 1 saturated heterocycles. The fourth-order valence-electron chi connectivity index (χ4n) is 3.10. The van der Waals surface area contributed by atoms with Gasteiger partial charge in [-0.1, -0.05) is 12.1 Å². The first-order valence-corrected chi connectivity index (χ1v) is 7.83. The van der Waals surface area contributed by atoms with Crippen LogP contribution in [0, 0.1) is 0 Å². The number of nitrogens with zero attached hydrogens (tertiary/aromatic N) is 1. The Bertz CT molecular complexity index is 484. The van der Waals surface area contributed by atoms with Crippen molar-refractivity contribution in [2.45, 2.75) is 18.9 Å². The maximum absolute atomic E-state index is 5.73. The fourth-order valence-corrected chi connectivity index (χ4v) is 3.10. The van der Waals surface area contributed by atoms with Crippen molar-refractivity contribution in [3.63, 3.8) is 0 Å². The average molecular weight is 288 g/mol. The van der Waals surface area contributed by atoms with Crippen molar-refractivity contribution in [2.75, 3.05) is 39.4 Å². The minimum absolute atomic E-state index is 0.431. The van der Waals surface area contributed by atoms with Crippen molar-refractivity contribution in [1.82, 2.24) is 10.2 Å². The van der Waals surface area contributed by atoms with Crippen molar-refractivity contribution >= 4 is 0 Å². The first kappa shape index (κ1) is 14.4. The van der Waals surface area contributed by atoms with Crippen molar-refractivity contribution in [3.8, 4) is 11.5 Å². The highest BCUT2D eigenvalue weighted by Crippen LogP contribution is 2.35. The van der Waals surface area contributed by atoms with Crippen molar-refractivity contribution in [3.05, 3.63) is 36.4 Å². The van der Waals surface area contributed by atoms with E-state index in [0.717, 1.165) is 50.5 Å². The zero-order chi connectivity index (χ0) is 14.5. The van der Waals surface area contributed by atoms with E-state index in [2.05, 4.69) is 28.9 Å². The highest BCUT2D eigenvalue weighted by Gasteiger charge is 2.23. The van der Waals surface area contributed by atoms with Gasteiger partial charge in [0.15, 0.2) is 11.5 Å². The largest absolute Gasteiger partial charge is 0.486 e. The van der Waals surface area contributed by atoms with E-state index in [1.54, 1.807) is 0 Å². The van der Waals surface area contributed by atoms with E-state index < -0.39 is 0 Å². The lowest BCUT2D eigenvalue weighted by atomic mass is 9.99. The summed E-state index contributed by atoms with van der Waals surface area (Å²) in [5.74, 6) is 1.75. The van der Waals surface area contributed by atoms with Gasteiger partial charge in [0.05, 0.1) is 0 Å². The van der Waals surface area contributed by atoms with Gasteiger partial charge < -0.3 is 14.8 Å². The molecule has 0 aliphatic carbocycles. The highest BCUT2D eigenvalue weighted by molar-refractivity contribution is 5.44. The SMILES string of the molecule is C=CCC[C@H](c1ccc2c(c1)OCCO2)N1CCNCC1. The van der Waals surface area contributed by atoms with E-state index in [4.69, 9.17) is 9.47 Å². The smallest absolute Gasteiger partial charge is 0.161 e. The molecule has 4 heteroatoms. The first-order valence-electron chi connectivity index (χ1n) is 7.83. The second kappa shape index (κ2) is 6.96. The van der Waals surface area contributed by atoms with Crippen molar-refractivity contribution in [2.24, 2.45) is 0 Å². The van der Waals surface area contributed by atoms with E-state index >= 15 is 0 Å². The van der Waals surface area contributed by atoms with Gasteiger partial charge in [0.25, 0.3) is 0 Å². The van der Waals surface area contributed by atoms with Gasteiger partial charge in [-0.25, -0.2) is 0 Å². The topological polar surface area (TPSA) is 33.7 Å². The molecule has 1 atom stereocenters. The summed E-state index contributed by atoms with van der Waals surface area (Å²) in [4.78, 5) is 2.56. The van der Waals surface area contributed by atoms with Crippen LogP contribution in [0.4, 0.5) is 0 Å². The van der Waals surface area contributed by atoms with Gasteiger partial charge in [0.1, 0.15) is 13.2 Å². The average Bonchev–Trinajstić information content (AvgIpc) is 2.56. The number of hydrogen-bond acceptors (Lipinski definition) is 4. The quantitative estimate of drug-likeness (QED) is 0.844. The van der Waals surface area contributed by atoms with Gasteiger partial charge in [0, 0.05) is 32.2 Å². The third-order valence-electron chi connectivity index (χ3n) is 4.19. The Balaban J connectivity index is 1.82. The third kappa shape index (κ3) is 3.39. The Labute approximate surface area is 126 Å². The summed E-state index contributed by atoms with van der Waals surface area (Å²) in [6, 6.07) is 6.82. The van der Waals surface area contributed by atoms with Crippen LogP contribution in [0.1, 0.15) is 24.4 Å². The van der Waals surface area contributed by atoms with Crippen LogP contribution in [0.2, 0.25) is 0 Å². The molecule has 1 fully saturated rings. The molecule has 2 heterocycles. The van der Waals surface area contributed by atoms with Gasteiger partial charge in [0.2, 0.25) is 0 Å². The van der Waals surface area contributed by atoms with Gasteiger partial charge >= 0.3 is 0 Å². The van der Waals surface area contributed by atoms with Crippen LogP contribution < -0.4 is 14.8 Å². The monoisotopic (exact) mass is 288 g/mol. The van der Waals surface area contributed by atoms with Crippen LogP contribution >= 0.6 is 0 Å². The Morgan fingerprint density at radius 1 is 1.19 bits per heavy atom. The van der Waals surface area contributed by atoms with Gasteiger partial charge in [-0.2, -0.15) is 0 Å². The lowest BCUT2D eigenvalue weighted by Crippen LogP contribution is -2.45. The second-order valence-corrected chi connectivity index (χ2v) is 5.57. The zero-order valence-corrected chi connectivity index (χ0v) is 12.5. The summed E-state index contributed by atoms with van der Waals surface area (Å²) < 4.78 is 11.4. The minimum atomic E-state index is 0.431. The highest BCUT2D eigenvalue weighted by atomic mass is 16.6. The predicted molar refractivity (Wildman–Crippen MR) is 84.0 cm³/mol. The third-order valence-corrected chi connectivity index (χ3v) is 4.19. The number of hydrogen-bond donors (Lipinski definition) is 1. The molecule has 0 saturated carbocycles. The molecule has 0 radical (unpaired) electrons. The Hall–Kier alpha value is -1.52. The van der Waals surface area contributed by atoms with Gasteiger partial charge in [-0.05, 0) is 30.5 Å². The predicted octanol–water partition coefficient (Wildman–Crippen LogP) is 2.37. The number of piperazine rings is 1. The molecule has 1 aromatic rings. The molecule has 1 aromatic carbocycles. The Morgan fingerprint density at radius 3 is 2.71 bits per heavy atom. The molecule has 3 rings (SSSR count). The Morgan fingerprint density at radius 2 is 1.95 bits per heavy atom. The summed E-state index contributed by atoms with van der Waals surface area (Å²) in [5, 5.41) is 3.42. The van der Waals surface area contributed by atoms with Crippen LogP contribution in [0.25, 0.3) is 0 Å². The lowest BCUT2D eigenvalue weighted by Gasteiger charge is -2.35. The standard InChI is InChI=1S/C17H24N2O2/c1-2-3-4-15(19-9-7-18-8-10-19)14-5-6-16-17(13-14)21-12-11-20-16/h2,5-6,13,15,18H,1,3-4,7-12H2/t15-/m1/s1. The molecule has 0 aromatic heterocycles. The van der Waals surface area contributed by atoms with Crippen molar-refractivity contribution in [1.29, 1.82) is 0 Å². The summed E-state index contributed by atoms with van der Waals surface area (Å²) in [5.41, 5.74) is 1.32. The van der Waals surface area contributed by atoms with Crippen LogP contribution in [0.15, 0.2) is 30.9 Å². The molecule has 114 valence electrons. The van der Waals surface area contributed by atoms with E-state index in [9.17, 15) is 0 Å². The molecule has 4 nitrogen and oxygen atoms in total. The van der Waals surface area contributed by atoms with Crippen LogP contribution in [0.3, 0.4) is 0 Å². The van der Waals surface area contributed by atoms with Crippen LogP contribution in [0.5, 0.6) is 11.5 Å². The molecule has 2 aliphatic rings. The number of rotatable bonds is 5. The summed E-state index contributed by atoms with van der Waals surface area (Å²) in [7, 11) is 0. The maximum Gasteiger partial charge on any atom is 0.161 e. The number of benzene rings is 1. The maximum atomic E-state index is 5.73. The minimum Gasteiger partial charge on any atom is -0.486 e. The zero-order valence-electron chi connectivity index (χ0n) is 12.5. The normalized spacial score (nSPS) is 20.0. The molecule has 0 amide bonds. The molecule has 21 heavy (non-hydrogen) atoms.